The van der Waals surface area contributed by atoms with Crippen molar-refractivity contribution in [3.8, 4) is 0 Å². The van der Waals surface area contributed by atoms with Crippen molar-refractivity contribution < 1.29 is 89.4 Å². The van der Waals surface area contributed by atoms with E-state index in [0.29, 0.717) is 12.8 Å². The molecule has 0 saturated carbocycles. The van der Waals surface area contributed by atoms with E-state index in [2.05, 4.69) is 116 Å². The molecule has 17 atom stereocenters. The topological polar surface area (TPSA) is 307 Å². The lowest BCUT2D eigenvalue weighted by Crippen LogP contribution is -2.66. The molecule has 0 aliphatic carbocycles. The van der Waals surface area contributed by atoms with Crippen LogP contribution >= 0.6 is 0 Å². The first-order chi connectivity index (χ1) is 52.3. The first-order valence-corrected chi connectivity index (χ1v) is 43.0. The third-order valence-corrected chi connectivity index (χ3v) is 20.9. The molecule has 0 aromatic rings. The van der Waals surface area contributed by atoms with Gasteiger partial charge in [0.2, 0.25) is 5.91 Å². The summed E-state index contributed by atoms with van der Waals surface area (Å²) in [5, 5.41) is 121. The van der Waals surface area contributed by atoms with Crippen molar-refractivity contribution in [3.05, 3.63) is 97.2 Å². The Kier molecular flexibility index (Phi) is 61.5. The maximum Gasteiger partial charge on any atom is 0.220 e. The summed E-state index contributed by atoms with van der Waals surface area (Å²) in [6.07, 6.45) is 64.9. The Balaban J connectivity index is 1.36. The quantitative estimate of drug-likeness (QED) is 0.0199. The van der Waals surface area contributed by atoms with Crippen LogP contribution in [0, 0.1) is 0 Å². The predicted octanol–water partition coefficient (Wildman–Crippen LogP) is 15.5. The van der Waals surface area contributed by atoms with Crippen LogP contribution in [0.15, 0.2) is 97.2 Å². The first-order valence-electron chi connectivity index (χ1n) is 43.0. The number of carbonyl (C=O) groups is 1. The molecular formula is C88H155NO18. The Morgan fingerprint density at radius 1 is 0.346 bits per heavy atom. The number of rotatable bonds is 68. The largest absolute Gasteiger partial charge is 0.394 e. The van der Waals surface area contributed by atoms with E-state index >= 15 is 0 Å². The molecule has 17 unspecified atom stereocenters. The Bertz CT molecular complexity index is 2310. The number of ether oxygens (including phenoxy) is 6. The molecule has 1 amide bonds. The van der Waals surface area contributed by atoms with Crippen LogP contribution < -0.4 is 5.32 Å². The van der Waals surface area contributed by atoms with Gasteiger partial charge >= 0.3 is 0 Å². The van der Waals surface area contributed by atoms with E-state index in [4.69, 9.17) is 28.4 Å². The van der Waals surface area contributed by atoms with Gasteiger partial charge in [-0.05, 0) is 77.0 Å². The number of allylic oxidation sites excluding steroid dienone is 16. The van der Waals surface area contributed by atoms with Gasteiger partial charge in [0.15, 0.2) is 18.9 Å². The van der Waals surface area contributed by atoms with Gasteiger partial charge in [-0.1, -0.05) is 336 Å². The molecule has 0 aromatic heterocycles. The Hall–Kier alpha value is -3.29. The lowest BCUT2D eigenvalue weighted by atomic mass is 9.96. The summed E-state index contributed by atoms with van der Waals surface area (Å²) < 4.78 is 34.6. The minimum absolute atomic E-state index is 0.251. The summed E-state index contributed by atoms with van der Waals surface area (Å²) in [7, 11) is 0. The molecular weight excluding hydrogens is 1360 g/mol. The second-order valence-electron chi connectivity index (χ2n) is 30.3. The average Bonchev–Trinajstić information content (AvgIpc) is 0.782. The molecule has 107 heavy (non-hydrogen) atoms. The van der Waals surface area contributed by atoms with Crippen molar-refractivity contribution in [2.75, 3.05) is 26.4 Å². The molecule has 12 N–H and O–H groups in total. The summed E-state index contributed by atoms with van der Waals surface area (Å²) in [6, 6.07) is -0.901. The Labute approximate surface area is 647 Å². The van der Waals surface area contributed by atoms with Crippen LogP contribution in [0.25, 0.3) is 0 Å². The van der Waals surface area contributed by atoms with Gasteiger partial charge in [-0.3, -0.25) is 4.79 Å². The highest BCUT2D eigenvalue weighted by atomic mass is 16.8. The first kappa shape index (κ1) is 97.9. The zero-order chi connectivity index (χ0) is 77.4. The normalized spacial score (nSPS) is 26.0. The smallest absolute Gasteiger partial charge is 0.220 e. The van der Waals surface area contributed by atoms with Gasteiger partial charge in [-0.25, -0.2) is 0 Å². The number of hydrogen-bond donors (Lipinski definition) is 12. The fourth-order valence-corrected chi connectivity index (χ4v) is 14.1. The SMILES string of the molecule is CC/C=C\C/C=C\C/C=C\C/C=C\C/C=C\C/C=C\C/C=C\C/C=C\CCCCCCCCCCC(=O)NC(COC1OC(CO)C(OC2OC(CO)C(OC3OC(CO)C(O)C(O)C3O)C(O)C2O)C(O)C1O)C(O)CCCCCCCCCCCCCCCCCCCCCCCCCCCCCCC. The third kappa shape index (κ3) is 46.5. The van der Waals surface area contributed by atoms with Crippen LogP contribution in [0.4, 0.5) is 0 Å². The van der Waals surface area contributed by atoms with Crippen LogP contribution in [0.2, 0.25) is 0 Å². The van der Waals surface area contributed by atoms with Gasteiger partial charge < -0.3 is 89.9 Å². The van der Waals surface area contributed by atoms with E-state index in [9.17, 15) is 61.0 Å². The number of unbranched alkanes of at least 4 members (excludes halogenated alkanes) is 36. The van der Waals surface area contributed by atoms with Crippen molar-refractivity contribution in [2.45, 2.75) is 426 Å². The maximum absolute atomic E-state index is 13.5. The van der Waals surface area contributed by atoms with Crippen LogP contribution in [0.1, 0.15) is 322 Å². The van der Waals surface area contributed by atoms with E-state index < -0.39 is 124 Å². The van der Waals surface area contributed by atoms with Gasteiger partial charge in [-0.2, -0.15) is 0 Å². The maximum atomic E-state index is 13.5. The van der Waals surface area contributed by atoms with E-state index in [1.54, 1.807) is 0 Å². The van der Waals surface area contributed by atoms with E-state index in [0.717, 1.165) is 116 Å². The fraction of sp³-hybridized carbons (Fsp3) is 0.807. The molecule has 3 fully saturated rings. The van der Waals surface area contributed by atoms with Crippen molar-refractivity contribution in [1.82, 2.24) is 5.32 Å². The van der Waals surface area contributed by atoms with E-state index in [1.165, 1.54) is 173 Å². The molecule has 3 rings (SSSR count). The summed E-state index contributed by atoms with van der Waals surface area (Å²) in [5.74, 6) is -0.251. The Morgan fingerprint density at radius 2 is 0.645 bits per heavy atom. The van der Waals surface area contributed by atoms with Crippen molar-refractivity contribution >= 4 is 5.91 Å². The zero-order valence-corrected chi connectivity index (χ0v) is 66.6. The highest BCUT2D eigenvalue weighted by Crippen LogP contribution is 2.33. The number of nitrogens with one attached hydrogen (secondary N) is 1. The van der Waals surface area contributed by atoms with Crippen LogP contribution in [0.5, 0.6) is 0 Å². The fourth-order valence-electron chi connectivity index (χ4n) is 14.1. The monoisotopic (exact) mass is 1510 g/mol. The lowest BCUT2D eigenvalue weighted by molar-refractivity contribution is -0.379. The number of carbonyl (C=O) groups excluding carboxylic acids is 1. The molecule has 3 saturated heterocycles. The molecule has 0 radical (unpaired) electrons. The zero-order valence-electron chi connectivity index (χ0n) is 66.6. The molecule has 620 valence electrons. The molecule has 0 aromatic carbocycles. The number of amides is 1. The van der Waals surface area contributed by atoms with E-state index in [1.807, 2.05) is 0 Å². The Morgan fingerprint density at radius 3 is 1.01 bits per heavy atom. The summed E-state index contributed by atoms with van der Waals surface area (Å²) in [5.41, 5.74) is 0. The second-order valence-corrected chi connectivity index (χ2v) is 30.3. The van der Waals surface area contributed by atoms with Gasteiger partial charge in [0, 0.05) is 6.42 Å². The van der Waals surface area contributed by atoms with Crippen molar-refractivity contribution in [2.24, 2.45) is 0 Å². The summed E-state index contributed by atoms with van der Waals surface area (Å²) in [6.45, 7) is 1.72. The van der Waals surface area contributed by atoms with Gasteiger partial charge in [0.1, 0.15) is 73.2 Å². The van der Waals surface area contributed by atoms with Crippen LogP contribution in [0.3, 0.4) is 0 Å². The minimum atomic E-state index is -1.98. The van der Waals surface area contributed by atoms with Gasteiger partial charge in [0.05, 0.1) is 38.6 Å². The minimum Gasteiger partial charge on any atom is -0.394 e. The summed E-state index contributed by atoms with van der Waals surface area (Å²) in [4.78, 5) is 13.5. The van der Waals surface area contributed by atoms with Crippen molar-refractivity contribution in [1.29, 1.82) is 0 Å². The lowest BCUT2D eigenvalue weighted by Gasteiger charge is -2.48. The number of aliphatic hydroxyl groups is 11. The molecule has 19 heteroatoms. The highest BCUT2D eigenvalue weighted by Gasteiger charge is 2.54. The molecule has 3 heterocycles. The predicted molar refractivity (Wildman–Crippen MR) is 429 cm³/mol. The van der Waals surface area contributed by atoms with Gasteiger partial charge in [0.25, 0.3) is 0 Å². The standard InChI is InChI=1S/C88H155NO18/c1-3-5-7-9-11-13-15-17-19-21-23-25-27-29-31-33-34-35-36-38-40-42-44-46-48-50-52-54-56-58-60-62-64-66-76(94)89-71(72(93)65-63-61-59-57-55-53-51-49-47-45-43-41-39-37-32-30-28-26-24-22-20-18-16-14-12-10-8-6-4-2)70-102-86-82(100)79(97)84(74(68-91)104-86)107-88-83(101)80(98)85(75(69-92)105-88)106-87-81(99)78(96)77(95)73(67-90)103-87/h5,7,11,13,17,19,23,25,29,31,34-35,38,40,44,46,71-75,77-88,90-93,95-101H,3-4,6,8-10,12,14-16,18,20-22,24,26-28,30,32-33,36-37,39,41-43,45,47-70H2,1-2H3,(H,89,94)/b7-5-,13-11-,19-17-,25-23-,31-29-,35-34-,40-38-,46-44-. The number of aliphatic hydroxyl groups excluding tert-OH is 11. The molecule has 19 nitrogen and oxygen atoms in total. The van der Waals surface area contributed by atoms with Gasteiger partial charge in [-0.15, -0.1) is 0 Å². The van der Waals surface area contributed by atoms with E-state index in [-0.39, 0.29) is 18.9 Å². The van der Waals surface area contributed by atoms with Crippen molar-refractivity contribution in [3.63, 3.8) is 0 Å². The molecule has 0 bridgehead atoms. The molecule has 3 aliphatic heterocycles. The van der Waals surface area contributed by atoms with Crippen LogP contribution in [-0.4, -0.2) is 193 Å². The average molecular weight is 1520 g/mol. The third-order valence-electron chi connectivity index (χ3n) is 20.9. The number of hydrogen-bond acceptors (Lipinski definition) is 18. The molecule has 0 spiro atoms. The second kappa shape index (κ2) is 67.2. The van der Waals surface area contributed by atoms with Crippen LogP contribution in [-0.2, 0) is 33.2 Å². The summed E-state index contributed by atoms with van der Waals surface area (Å²) >= 11 is 0. The highest BCUT2D eigenvalue weighted by molar-refractivity contribution is 5.76. The molecule has 3 aliphatic rings.